The summed E-state index contributed by atoms with van der Waals surface area (Å²) in [6.45, 7) is 11.1. The Balaban J connectivity index is 1.47. The minimum Gasteiger partial charge on any atom is -0.379 e. The molecule has 2 aliphatic heterocycles. The normalized spacial score (nSPS) is 21.0. The van der Waals surface area contributed by atoms with Crippen LogP contribution in [0.3, 0.4) is 0 Å². The van der Waals surface area contributed by atoms with Crippen molar-refractivity contribution >= 4 is 23.3 Å². The van der Waals surface area contributed by atoms with Crippen LogP contribution >= 0.6 is 0 Å². The van der Waals surface area contributed by atoms with Gasteiger partial charge in [0.1, 0.15) is 0 Å². The van der Waals surface area contributed by atoms with Gasteiger partial charge in [0.25, 0.3) is 0 Å². The number of pyridine rings is 1. The molecule has 0 saturated carbocycles. The number of likely N-dealkylation sites (tertiary alicyclic amines) is 1. The van der Waals surface area contributed by atoms with Crippen molar-refractivity contribution in [2.24, 2.45) is 4.99 Å². The largest absolute Gasteiger partial charge is 0.379 e. The Morgan fingerprint density at radius 3 is 2.73 bits per heavy atom. The number of hydrogen-bond donors (Lipinski definition) is 2. The monoisotopic (exact) mass is 410 g/mol. The molecule has 0 bridgehead atoms. The highest BCUT2D eigenvalue weighted by atomic mass is 16.5. The number of piperidine rings is 1. The summed E-state index contributed by atoms with van der Waals surface area (Å²) >= 11 is 0. The predicted octanol–water partition coefficient (Wildman–Crippen LogP) is 3.07. The molecule has 0 aliphatic carbocycles. The lowest BCUT2D eigenvalue weighted by Crippen LogP contribution is -2.39. The highest BCUT2D eigenvalue weighted by Gasteiger charge is 2.21. The van der Waals surface area contributed by atoms with E-state index in [0.717, 1.165) is 75.4 Å². The van der Waals surface area contributed by atoms with Crippen LogP contribution < -0.4 is 0 Å². The van der Waals surface area contributed by atoms with E-state index in [2.05, 4.69) is 39.7 Å². The molecular formula is C23H34N6O. The SMILES string of the molecule is CC(C)N1CCC(N=CC(C=N)c2nccc3[nH]c(CN4CCOCC4)cc23)CC1. The van der Waals surface area contributed by atoms with Crippen molar-refractivity contribution in [3.05, 3.63) is 29.7 Å². The smallest absolute Gasteiger partial charge is 0.0715 e. The molecule has 4 heterocycles. The average molecular weight is 411 g/mol. The molecule has 2 saturated heterocycles. The number of nitrogens with one attached hydrogen (secondary N) is 2. The van der Waals surface area contributed by atoms with Crippen molar-refractivity contribution in [2.45, 2.75) is 51.2 Å². The van der Waals surface area contributed by atoms with Gasteiger partial charge in [-0.25, -0.2) is 0 Å². The highest BCUT2D eigenvalue weighted by Crippen LogP contribution is 2.24. The molecule has 30 heavy (non-hydrogen) atoms. The number of aliphatic imine (C=N–C) groups is 1. The van der Waals surface area contributed by atoms with Crippen molar-refractivity contribution in [2.75, 3.05) is 39.4 Å². The van der Waals surface area contributed by atoms with Crippen LogP contribution in [0.5, 0.6) is 0 Å². The van der Waals surface area contributed by atoms with Gasteiger partial charge in [-0.3, -0.25) is 14.9 Å². The predicted molar refractivity (Wildman–Crippen MR) is 122 cm³/mol. The van der Waals surface area contributed by atoms with E-state index < -0.39 is 0 Å². The van der Waals surface area contributed by atoms with E-state index in [1.807, 2.05) is 18.5 Å². The molecule has 2 aromatic rings. The first-order chi connectivity index (χ1) is 14.6. The Hall–Kier alpha value is -2.09. The van der Waals surface area contributed by atoms with Gasteiger partial charge in [-0.1, -0.05) is 0 Å². The second-order valence-electron chi connectivity index (χ2n) is 8.69. The van der Waals surface area contributed by atoms with Crippen molar-refractivity contribution in [3.8, 4) is 0 Å². The second kappa shape index (κ2) is 9.81. The highest BCUT2D eigenvalue weighted by molar-refractivity contribution is 5.95. The van der Waals surface area contributed by atoms with Crippen molar-refractivity contribution in [3.63, 3.8) is 0 Å². The standard InChI is InChI=1S/C23H34N6O/c1-17(2)29-7-4-19(5-8-29)26-15-18(14-24)23-21-13-20(27-22(21)3-6-25-23)16-28-9-11-30-12-10-28/h3,6,13-15,17-19,24,27H,4-5,7-12,16H2,1-2H3. The van der Waals surface area contributed by atoms with Crippen molar-refractivity contribution < 1.29 is 4.74 Å². The molecule has 2 aromatic heterocycles. The van der Waals surface area contributed by atoms with Crippen LogP contribution in [0.1, 0.15) is 44.0 Å². The Bertz CT molecular complexity index is 862. The number of aromatic amines is 1. The molecule has 1 atom stereocenters. The number of nitrogens with zero attached hydrogens (tertiary/aromatic N) is 4. The van der Waals surface area contributed by atoms with Crippen LogP contribution in [0.25, 0.3) is 10.9 Å². The van der Waals surface area contributed by atoms with Gasteiger partial charge >= 0.3 is 0 Å². The molecule has 2 N–H and O–H groups in total. The first-order valence-electron chi connectivity index (χ1n) is 11.2. The Labute approximate surface area is 179 Å². The lowest BCUT2D eigenvalue weighted by Gasteiger charge is -2.33. The van der Waals surface area contributed by atoms with E-state index in [1.54, 1.807) is 0 Å². The molecule has 0 radical (unpaired) electrons. The van der Waals surface area contributed by atoms with E-state index in [-0.39, 0.29) is 5.92 Å². The summed E-state index contributed by atoms with van der Waals surface area (Å²) < 4.78 is 5.45. The quantitative estimate of drug-likeness (QED) is 0.688. The number of H-pyrrole nitrogens is 1. The number of fused-ring (bicyclic) bond motifs is 1. The molecule has 7 nitrogen and oxygen atoms in total. The number of ether oxygens (including phenoxy) is 1. The van der Waals surface area contributed by atoms with Crippen LogP contribution in [0.15, 0.2) is 23.3 Å². The summed E-state index contributed by atoms with van der Waals surface area (Å²) in [6.07, 6.45) is 7.41. The van der Waals surface area contributed by atoms with Crippen LogP contribution in [0.4, 0.5) is 0 Å². The fourth-order valence-electron chi connectivity index (χ4n) is 4.44. The third kappa shape index (κ3) is 4.96. The second-order valence-corrected chi connectivity index (χ2v) is 8.69. The van der Waals surface area contributed by atoms with E-state index >= 15 is 0 Å². The molecule has 162 valence electrons. The number of hydrogen-bond acceptors (Lipinski definition) is 6. The Morgan fingerprint density at radius 2 is 2.03 bits per heavy atom. The molecule has 0 amide bonds. The maximum absolute atomic E-state index is 7.99. The summed E-state index contributed by atoms with van der Waals surface area (Å²) in [7, 11) is 0. The van der Waals surface area contributed by atoms with Gasteiger partial charge < -0.3 is 20.0 Å². The molecule has 1 unspecified atom stereocenters. The van der Waals surface area contributed by atoms with E-state index in [0.29, 0.717) is 12.1 Å². The van der Waals surface area contributed by atoms with Gasteiger partial charge in [0.15, 0.2) is 0 Å². The van der Waals surface area contributed by atoms with Gasteiger partial charge in [-0.15, -0.1) is 0 Å². The van der Waals surface area contributed by atoms with Crippen molar-refractivity contribution in [1.82, 2.24) is 19.8 Å². The summed E-state index contributed by atoms with van der Waals surface area (Å²) in [5, 5.41) is 9.09. The summed E-state index contributed by atoms with van der Waals surface area (Å²) in [5.41, 5.74) is 3.17. The zero-order chi connectivity index (χ0) is 20.9. The van der Waals surface area contributed by atoms with E-state index in [9.17, 15) is 0 Å². The summed E-state index contributed by atoms with van der Waals surface area (Å²) in [4.78, 5) is 17.9. The lowest BCUT2D eigenvalue weighted by atomic mass is 10.0. The summed E-state index contributed by atoms with van der Waals surface area (Å²) in [5.74, 6) is -0.191. The third-order valence-electron chi connectivity index (χ3n) is 6.31. The van der Waals surface area contributed by atoms with Crippen LogP contribution in [-0.2, 0) is 11.3 Å². The van der Waals surface area contributed by atoms with Crippen LogP contribution in [-0.4, -0.2) is 83.7 Å². The molecule has 2 fully saturated rings. The molecular weight excluding hydrogens is 376 g/mol. The first-order valence-corrected chi connectivity index (χ1v) is 11.2. The molecule has 7 heteroatoms. The van der Waals surface area contributed by atoms with Crippen LogP contribution in [0.2, 0.25) is 0 Å². The minimum atomic E-state index is -0.191. The zero-order valence-corrected chi connectivity index (χ0v) is 18.2. The van der Waals surface area contributed by atoms with Crippen LogP contribution in [0, 0.1) is 5.41 Å². The van der Waals surface area contributed by atoms with Gasteiger partial charge in [-0.2, -0.15) is 0 Å². The van der Waals surface area contributed by atoms with Crippen molar-refractivity contribution in [1.29, 1.82) is 5.41 Å². The van der Waals surface area contributed by atoms with Gasteiger partial charge in [0.05, 0.1) is 30.9 Å². The topological polar surface area (TPSA) is 80.6 Å². The van der Waals surface area contributed by atoms with Gasteiger partial charge in [-0.05, 0) is 38.8 Å². The Morgan fingerprint density at radius 1 is 1.27 bits per heavy atom. The maximum Gasteiger partial charge on any atom is 0.0715 e. The number of morpholine rings is 1. The molecule has 0 spiro atoms. The maximum atomic E-state index is 7.99. The van der Waals surface area contributed by atoms with E-state index in [1.165, 1.54) is 11.9 Å². The lowest BCUT2D eigenvalue weighted by molar-refractivity contribution is 0.0337. The molecule has 4 rings (SSSR count). The van der Waals surface area contributed by atoms with Gasteiger partial charge in [0.2, 0.25) is 0 Å². The summed E-state index contributed by atoms with van der Waals surface area (Å²) in [6, 6.07) is 5.16. The zero-order valence-electron chi connectivity index (χ0n) is 18.2. The fraction of sp³-hybridized carbons (Fsp3) is 0.609. The number of rotatable bonds is 7. The molecule has 0 aromatic carbocycles. The molecule has 2 aliphatic rings. The third-order valence-corrected chi connectivity index (χ3v) is 6.31. The Kier molecular flexibility index (Phi) is 6.92. The first kappa shape index (κ1) is 21.2. The minimum absolute atomic E-state index is 0.191. The van der Waals surface area contributed by atoms with Gasteiger partial charge in [0, 0.05) is 74.0 Å². The number of aromatic nitrogens is 2. The average Bonchev–Trinajstić information content (AvgIpc) is 3.18. The van der Waals surface area contributed by atoms with E-state index in [4.69, 9.17) is 15.1 Å². The fourth-order valence-corrected chi connectivity index (χ4v) is 4.44.